The van der Waals surface area contributed by atoms with E-state index in [4.69, 9.17) is 5.11 Å². The van der Waals surface area contributed by atoms with E-state index in [1.807, 2.05) is 19.0 Å². The van der Waals surface area contributed by atoms with Crippen molar-refractivity contribution in [3.8, 4) is 0 Å². The molecular formula is C11H14FNO2. The number of hydrogen-bond acceptors (Lipinski definition) is 2. The first-order valence-electron chi connectivity index (χ1n) is 4.67. The summed E-state index contributed by atoms with van der Waals surface area (Å²) in [7, 11) is 3.78. The molecule has 1 aromatic carbocycles. The van der Waals surface area contributed by atoms with Crippen LogP contribution in [0.1, 0.15) is 15.9 Å². The summed E-state index contributed by atoms with van der Waals surface area (Å²) >= 11 is 0. The second-order valence-corrected chi connectivity index (χ2v) is 3.64. The van der Waals surface area contributed by atoms with Gasteiger partial charge in [-0.1, -0.05) is 12.1 Å². The third kappa shape index (κ3) is 3.02. The van der Waals surface area contributed by atoms with Gasteiger partial charge in [-0.3, -0.25) is 0 Å². The van der Waals surface area contributed by atoms with Gasteiger partial charge in [0.25, 0.3) is 0 Å². The molecule has 0 aliphatic carbocycles. The molecule has 0 aliphatic rings. The van der Waals surface area contributed by atoms with Gasteiger partial charge in [0.1, 0.15) is 5.82 Å². The van der Waals surface area contributed by atoms with E-state index in [0.717, 1.165) is 0 Å². The Morgan fingerprint density at radius 1 is 1.47 bits per heavy atom. The van der Waals surface area contributed by atoms with Crippen LogP contribution < -0.4 is 0 Å². The van der Waals surface area contributed by atoms with Gasteiger partial charge in [0, 0.05) is 6.54 Å². The Morgan fingerprint density at radius 3 is 2.67 bits per heavy atom. The lowest BCUT2D eigenvalue weighted by Gasteiger charge is -2.10. The van der Waals surface area contributed by atoms with Gasteiger partial charge in [-0.15, -0.1) is 0 Å². The maximum Gasteiger partial charge on any atom is 0.338 e. The minimum atomic E-state index is -1.22. The van der Waals surface area contributed by atoms with Crippen molar-refractivity contribution in [1.29, 1.82) is 0 Å². The van der Waals surface area contributed by atoms with Crippen molar-refractivity contribution in [3.63, 3.8) is 0 Å². The number of aromatic carboxylic acids is 1. The molecule has 82 valence electrons. The number of likely N-dealkylation sites (N-methyl/N-ethyl adjacent to an activating group) is 1. The lowest BCUT2D eigenvalue weighted by atomic mass is 10.1. The Morgan fingerprint density at radius 2 is 2.13 bits per heavy atom. The quantitative estimate of drug-likeness (QED) is 0.822. The highest BCUT2D eigenvalue weighted by Gasteiger charge is 2.13. The van der Waals surface area contributed by atoms with Gasteiger partial charge < -0.3 is 10.0 Å². The molecular weight excluding hydrogens is 197 g/mol. The van der Waals surface area contributed by atoms with Crippen LogP contribution in [0.2, 0.25) is 0 Å². The summed E-state index contributed by atoms with van der Waals surface area (Å²) < 4.78 is 13.6. The fourth-order valence-corrected chi connectivity index (χ4v) is 1.28. The second-order valence-electron chi connectivity index (χ2n) is 3.64. The van der Waals surface area contributed by atoms with E-state index in [0.29, 0.717) is 18.5 Å². The zero-order chi connectivity index (χ0) is 11.4. The molecule has 0 fully saturated rings. The third-order valence-corrected chi connectivity index (χ3v) is 2.14. The molecule has 1 aromatic rings. The molecule has 0 radical (unpaired) electrons. The largest absolute Gasteiger partial charge is 0.478 e. The topological polar surface area (TPSA) is 40.5 Å². The monoisotopic (exact) mass is 211 g/mol. The minimum Gasteiger partial charge on any atom is -0.478 e. The first-order valence-corrected chi connectivity index (χ1v) is 4.67. The Balaban J connectivity index is 2.89. The fourth-order valence-electron chi connectivity index (χ4n) is 1.28. The van der Waals surface area contributed by atoms with Crippen molar-refractivity contribution in [2.24, 2.45) is 0 Å². The average Bonchev–Trinajstić information content (AvgIpc) is 2.15. The number of hydrogen-bond donors (Lipinski definition) is 1. The molecule has 0 aliphatic heterocycles. The van der Waals surface area contributed by atoms with Gasteiger partial charge in [0.15, 0.2) is 0 Å². The molecule has 0 heterocycles. The van der Waals surface area contributed by atoms with Crippen molar-refractivity contribution in [2.75, 3.05) is 20.6 Å². The minimum absolute atomic E-state index is 0.258. The molecule has 0 atom stereocenters. The van der Waals surface area contributed by atoms with E-state index >= 15 is 0 Å². The summed E-state index contributed by atoms with van der Waals surface area (Å²) in [6, 6.07) is 4.46. The van der Waals surface area contributed by atoms with Crippen molar-refractivity contribution in [3.05, 3.63) is 35.1 Å². The predicted molar refractivity (Wildman–Crippen MR) is 55.6 cm³/mol. The van der Waals surface area contributed by atoms with Crippen molar-refractivity contribution in [1.82, 2.24) is 4.90 Å². The molecule has 0 spiro atoms. The number of rotatable bonds is 4. The van der Waals surface area contributed by atoms with E-state index in [2.05, 4.69) is 0 Å². The number of benzene rings is 1. The van der Waals surface area contributed by atoms with Crippen molar-refractivity contribution >= 4 is 5.97 Å². The number of halogens is 1. The number of carbonyl (C=O) groups is 1. The zero-order valence-corrected chi connectivity index (χ0v) is 8.83. The molecule has 1 N–H and O–H groups in total. The lowest BCUT2D eigenvalue weighted by molar-refractivity contribution is 0.0691. The third-order valence-electron chi connectivity index (χ3n) is 2.14. The maximum atomic E-state index is 13.6. The van der Waals surface area contributed by atoms with Crippen LogP contribution in [0.25, 0.3) is 0 Å². The number of nitrogens with zero attached hydrogens (tertiary/aromatic N) is 1. The second kappa shape index (κ2) is 4.89. The SMILES string of the molecule is CN(C)CCc1cccc(C(=O)O)c1F. The Bertz CT molecular complexity index is 364. The van der Waals surface area contributed by atoms with Crippen LogP contribution in [-0.2, 0) is 6.42 Å². The highest BCUT2D eigenvalue weighted by atomic mass is 19.1. The number of carboxylic acids is 1. The smallest absolute Gasteiger partial charge is 0.338 e. The summed E-state index contributed by atoms with van der Waals surface area (Å²) in [6.45, 7) is 0.694. The van der Waals surface area contributed by atoms with Crippen LogP contribution in [0.4, 0.5) is 4.39 Å². The number of carboxylic acid groups (broad SMARTS) is 1. The van der Waals surface area contributed by atoms with E-state index in [-0.39, 0.29) is 5.56 Å². The fraction of sp³-hybridized carbons (Fsp3) is 0.364. The van der Waals surface area contributed by atoms with Crippen molar-refractivity contribution in [2.45, 2.75) is 6.42 Å². The van der Waals surface area contributed by atoms with Gasteiger partial charge >= 0.3 is 5.97 Å². The molecule has 0 bridgehead atoms. The normalized spacial score (nSPS) is 10.7. The Hall–Kier alpha value is -1.42. The lowest BCUT2D eigenvalue weighted by Crippen LogP contribution is -2.16. The van der Waals surface area contributed by atoms with E-state index < -0.39 is 11.8 Å². The van der Waals surface area contributed by atoms with Crippen molar-refractivity contribution < 1.29 is 14.3 Å². The average molecular weight is 211 g/mol. The van der Waals surface area contributed by atoms with Crippen LogP contribution >= 0.6 is 0 Å². The molecule has 15 heavy (non-hydrogen) atoms. The molecule has 4 heteroatoms. The van der Waals surface area contributed by atoms with Gasteiger partial charge in [-0.2, -0.15) is 0 Å². The van der Waals surface area contributed by atoms with Crippen LogP contribution in [-0.4, -0.2) is 36.6 Å². The summed E-state index contributed by atoms with van der Waals surface area (Å²) in [5, 5.41) is 8.72. The highest BCUT2D eigenvalue weighted by molar-refractivity contribution is 5.88. The first kappa shape index (κ1) is 11.7. The van der Waals surface area contributed by atoms with Gasteiger partial charge in [-0.25, -0.2) is 9.18 Å². The summed E-state index contributed by atoms with van der Waals surface area (Å²) in [5.41, 5.74) is 0.190. The van der Waals surface area contributed by atoms with E-state index in [1.165, 1.54) is 6.07 Å². The summed E-state index contributed by atoms with van der Waals surface area (Å²) in [6.07, 6.45) is 0.514. The highest BCUT2D eigenvalue weighted by Crippen LogP contribution is 2.13. The predicted octanol–water partition coefficient (Wildman–Crippen LogP) is 1.63. The molecule has 0 saturated carbocycles. The summed E-state index contributed by atoms with van der Waals surface area (Å²) in [5.74, 6) is -1.84. The van der Waals surface area contributed by atoms with Crippen LogP contribution in [0.5, 0.6) is 0 Å². The molecule has 3 nitrogen and oxygen atoms in total. The molecule has 0 saturated heterocycles. The van der Waals surface area contributed by atoms with Gasteiger partial charge in [0.2, 0.25) is 0 Å². The van der Waals surface area contributed by atoms with Crippen LogP contribution in [0.3, 0.4) is 0 Å². The van der Waals surface area contributed by atoms with Gasteiger partial charge in [-0.05, 0) is 32.1 Å². The van der Waals surface area contributed by atoms with Crippen LogP contribution in [0.15, 0.2) is 18.2 Å². The first-order chi connectivity index (χ1) is 7.02. The van der Waals surface area contributed by atoms with Crippen LogP contribution in [0, 0.1) is 5.82 Å². The van der Waals surface area contributed by atoms with Gasteiger partial charge in [0.05, 0.1) is 5.56 Å². The maximum absolute atomic E-state index is 13.6. The Kier molecular flexibility index (Phi) is 3.80. The molecule has 1 rings (SSSR count). The molecule has 0 aromatic heterocycles. The zero-order valence-electron chi connectivity index (χ0n) is 8.83. The standard InChI is InChI=1S/C11H14FNO2/c1-13(2)7-6-8-4-3-5-9(10(8)12)11(14)15/h3-5H,6-7H2,1-2H3,(H,14,15). The molecule has 0 unspecified atom stereocenters. The van der Waals surface area contributed by atoms with E-state index in [9.17, 15) is 9.18 Å². The summed E-state index contributed by atoms with van der Waals surface area (Å²) in [4.78, 5) is 12.6. The van der Waals surface area contributed by atoms with E-state index in [1.54, 1.807) is 12.1 Å². The molecule has 0 amide bonds. The Labute approximate surface area is 88.1 Å².